The normalized spacial score (nSPS) is 13.6. The van der Waals surface area contributed by atoms with E-state index in [0.717, 1.165) is 18.4 Å². The Morgan fingerprint density at radius 1 is 0.837 bits per heavy atom. The number of aromatic nitrogens is 4. The highest BCUT2D eigenvalue weighted by Gasteiger charge is 2.23. The maximum atomic E-state index is 12.7. The molecule has 276 valence electrons. The number of nitrogens with two attached hydrogens (primary N) is 1. The molecule has 0 saturated carbocycles. The summed E-state index contributed by atoms with van der Waals surface area (Å²) in [6.07, 6.45) is 21.7. The minimum Gasteiger partial charge on any atom is -0.379 e. The van der Waals surface area contributed by atoms with Gasteiger partial charge in [0.15, 0.2) is 10.8 Å². The second kappa shape index (κ2) is 24.9. The summed E-state index contributed by atoms with van der Waals surface area (Å²) in [4.78, 5) is 22.7. The first kappa shape index (κ1) is 41.3. The molecule has 1 unspecified atom stereocenters. The molecule has 2 aromatic heterocycles. The molecule has 2 heterocycles. The van der Waals surface area contributed by atoms with Crippen LogP contribution in [0.2, 0.25) is 5.15 Å². The van der Waals surface area contributed by atoms with Crippen LogP contribution in [0, 0.1) is 0 Å². The van der Waals surface area contributed by atoms with Crippen LogP contribution in [0.3, 0.4) is 0 Å². The minimum atomic E-state index is -4.04. The number of benzene rings is 1. The first-order valence-corrected chi connectivity index (χ1v) is 20.4. The van der Waals surface area contributed by atoms with Gasteiger partial charge in [0.25, 0.3) is 0 Å². The lowest BCUT2D eigenvalue weighted by Crippen LogP contribution is -2.26. The fourth-order valence-corrected chi connectivity index (χ4v) is 6.62. The summed E-state index contributed by atoms with van der Waals surface area (Å²) in [5.41, 5.74) is 7.58. The van der Waals surface area contributed by atoms with Crippen molar-refractivity contribution in [3.63, 3.8) is 0 Å². The van der Waals surface area contributed by atoms with E-state index in [0.29, 0.717) is 30.9 Å². The van der Waals surface area contributed by atoms with Gasteiger partial charge < -0.3 is 33.9 Å². The van der Waals surface area contributed by atoms with E-state index in [9.17, 15) is 9.46 Å². The Morgan fingerprint density at radius 2 is 1.45 bits per heavy atom. The van der Waals surface area contributed by atoms with Gasteiger partial charge >= 0.3 is 7.60 Å². The summed E-state index contributed by atoms with van der Waals surface area (Å²) >= 11 is 6.07. The van der Waals surface area contributed by atoms with Gasteiger partial charge in [-0.25, -0.2) is 4.98 Å². The largest absolute Gasteiger partial charge is 0.379 e. The molecular weight excluding hydrogens is 665 g/mol. The standard InChI is InChI=1S/C36H59ClN5O6P/c1-2-3-4-5-6-7-8-9-10-11-12-13-14-15-16-20-24-45-27-32(47-26-31-21-18-17-19-22-31)28-48-49(43,44)30-46-25-23-42-29-39-33-34(37)40-36(38)41-35(33)42/h17-19,21-22,29,32H,2-16,20,23-28,30H2,1H3,(H,43,44)(H2,38,40,41)/t32-/m1/s1. The van der Waals surface area contributed by atoms with Crippen molar-refractivity contribution in [3.05, 3.63) is 47.4 Å². The van der Waals surface area contributed by atoms with Gasteiger partial charge in [0.1, 0.15) is 18.0 Å². The van der Waals surface area contributed by atoms with Crippen LogP contribution in [0.4, 0.5) is 5.95 Å². The zero-order valence-corrected chi connectivity index (χ0v) is 31.1. The van der Waals surface area contributed by atoms with E-state index in [1.807, 2.05) is 30.3 Å². The average Bonchev–Trinajstić information content (AvgIpc) is 3.50. The highest BCUT2D eigenvalue weighted by Crippen LogP contribution is 2.42. The minimum absolute atomic E-state index is 0.0338. The summed E-state index contributed by atoms with van der Waals surface area (Å²) in [5, 5.41) is 0.161. The Balaban J connectivity index is 1.26. The Bertz CT molecular complexity index is 1330. The number of nitrogen functional groups attached to an aromatic ring is 1. The van der Waals surface area contributed by atoms with Crippen molar-refractivity contribution in [2.45, 2.75) is 129 Å². The van der Waals surface area contributed by atoms with Gasteiger partial charge in [-0.2, -0.15) is 9.97 Å². The molecule has 0 amide bonds. The number of unbranched alkanes of at least 4 members (excludes halogenated alkanes) is 15. The molecule has 13 heteroatoms. The molecule has 49 heavy (non-hydrogen) atoms. The van der Waals surface area contributed by atoms with Crippen LogP contribution >= 0.6 is 19.2 Å². The predicted octanol–water partition coefficient (Wildman–Crippen LogP) is 9.10. The second-order valence-electron chi connectivity index (χ2n) is 12.8. The van der Waals surface area contributed by atoms with Gasteiger partial charge in [-0.05, 0) is 12.0 Å². The van der Waals surface area contributed by atoms with Gasteiger partial charge in [0, 0.05) is 13.2 Å². The first-order chi connectivity index (χ1) is 23.9. The zero-order valence-electron chi connectivity index (χ0n) is 29.5. The van der Waals surface area contributed by atoms with Gasteiger partial charge in [0.2, 0.25) is 5.95 Å². The molecule has 2 atom stereocenters. The van der Waals surface area contributed by atoms with Crippen LogP contribution in [0.5, 0.6) is 0 Å². The fraction of sp³-hybridized carbons (Fsp3) is 0.694. The van der Waals surface area contributed by atoms with Crippen LogP contribution < -0.4 is 5.73 Å². The summed E-state index contributed by atoms with van der Waals surface area (Å²) < 4.78 is 37.3. The molecule has 0 spiro atoms. The number of imidazole rings is 1. The highest BCUT2D eigenvalue weighted by atomic mass is 35.5. The SMILES string of the molecule is CCCCCCCCCCCCCCCCCCOC[C@H](COP(=O)(O)COCCn1cnc2c(Cl)nc(N)nc21)OCc1ccccc1. The third-order valence-corrected chi connectivity index (χ3v) is 9.73. The predicted molar refractivity (Wildman–Crippen MR) is 197 cm³/mol. The molecule has 3 rings (SSSR count). The number of rotatable bonds is 30. The van der Waals surface area contributed by atoms with Crippen LogP contribution in [0.25, 0.3) is 11.2 Å². The number of ether oxygens (including phenoxy) is 3. The van der Waals surface area contributed by atoms with Crippen molar-refractivity contribution in [2.75, 3.05) is 38.5 Å². The Morgan fingerprint density at radius 3 is 2.08 bits per heavy atom. The van der Waals surface area contributed by atoms with Gasteiger partial charge in [-0.1, -0.05) is 145 Å². The molecule has 0 aliphatic carbocycles. The molecular formula is C36H59ClN5O6P. The quantitative estimate of drug-likeness (QED) is 0.0388. The number of halogens is 1. The molecule has 11 nitrogen and oxygen atoms in total. The molecule has 0 radical (unpaired) electrons. The number of hydrogen-bond acceptors (Lipinski definition) is 9. The summed E-state index contributed by atoms with van der Waals surface area (Å²) in [5.74, 6) is 0.0338. The Hall–Kier alpha value is -2.11. The molecule has 3 N–H and O–H groups in total. The highest BCUT2D eigenvalue weighted by molar-refractivity contribution is 7.52. The van der Waals surface area contributed by atoms with E-state index < -0.39 is 20.0 Å². The number of anilines is 1. The summed E-state index contributed by atoms with van der Waals surface area (Å²) in [7, 11) is -4.04. The van der Waals surface area contributed by atoms with Gasteiger partial charge in [0.05, 0.1) is 32.8 Å². The fourth-order valence-electron chi connectivity index (χ4n) is 5.57. The third-order valence-electron chi connectivity index (χ3n) is 8.41. The van der Waals surface area contributed by atoms with Gasteiger partial charge in [-0.3, -0.25) is 4.57 Å². The lowest BCUT2D eigenvalue weighted by molar-refractivity contribution is -0.0477. The van der Waals surface area contributed by atoms with Crippen molar-refractivity contribution >= 4 is 36.3 Å². The number of nitrogens with zero attached hydrogens (tertiary/aromatic N) is 4. The molecule has 0 saturated heterocycles. The molecule has 3 aromatic rings. The smallest absolute Gasteiger partial charge is 0.353 e. The molecule has 1 aromatic carbocycles. The van der Waals surface area contributed by atoms with E-state index >= 15 is 0 Å². The van der Waals surface area contributed by atoms with Crippen molar-refractivity contribution < 1.29 is 28.2 Å². The van der Waals surface area contributed by atoms with Crippen molar-refractivity contribution in [2.24, 2.45) is 0 Å². The zero-order chi connectivity index (χ0) is 35.0. The van der Waals surface area contributed by atoms with Gasteiger partial charge in [-0.15, -0.1) is 0 Å². The van der Waals surface area contributed by atoms with Crippen molar-refractivity contribution in [1.29, 1.82) is 0 Å². The van der Waals surface area contributed by atoms with Crippen molar-refractivity contribution in [1.82, 2.24) is 19.5 Å². The lowest BCUT2D eigenvalue weighted by Gasteiger charge is -2.20. The topological polar surface area (TPSA) is 144 Å². The molecule has 0 fully saturated rings. The summed E-state index contributed by atoms with van der Waals surface area (Å²) in [6.45, 7) is 3.86. The molecule has 0 aliphatic rings. The van der Waals surface area contributed by atoms with E-state index in [-0.39, 0.29) is 30.9 Å². The Kier molecular flexibility index (Phi) is 21.0. The van der Waals surface area contributed by atoms with Crippen LogP contribution in [0.15, 0.2) is 36.7 Å². The van der Waals surface area contributed by atoms with E-state index in [2.05, 4.69) is 21.9 Å². The lowest BCUT2D eigenvalue weighted by atomic mass is 10.0. The maximum Gasteiger partial charge on any atom is 0.353 e. The number of fused-ring (bicyclic) bond motifs is 1. The molecule has 0 bridgehead atoms. The number of hydrogen-bond donors (Lipinski definition) is 2. The van der Waals surface area contributed by atoms with Crippen LogP contribution in [0.1, 0.15) is 115 Å². The van der Waals surface area contributed by atoms with E-state index in [1.54, 1.807) is 4.57 Å². The van der Waals surface area contributed by atoms with Crippen LogP contribution in [-0.4, -0.2) is 63.3 Å². The average molecular weight is 724 g/mol. The monoisotopic (exact) mass is 723 g/mol. The van der Waals surface area contributed by atoms with E-state index in [1.165, 1.54) is 96.2 Å². The molecule has 0 aliphatic heterocycles. The Labute approximate surface area is 298 Å². The third kappa shape index (κ3) is 18.1. The second-order valence-corrected chi connectivity index (χ2v) is 14.9. The van der Waals surface area contributed by atoms with Crippen molar-refractivity contribution in [3.8, 4) is 0 Å². The maximum absolute atomic E-state index is 12.7. The van der Waals surface area contributed by atoms with E-state index in [4.69, 9.17) is 36.1 Å². The first-order valence-electron chi connectivity index (χ1n) is 18.3. The van der Waals surface area contributed by atoms with Crippen LogP contribution in [-0.2, 0) is 36.5 Å². The summed E-state index contributed by atoms with van der Waals surface area (Å²) in [6, 6.07) is 9.77.